The average Bonchev–Trinajstić information content (AvgIpc) is 3.00. The third-order valence-electron chi connectivity index (χ3n) is 9.94. The molecule has 0 aromatic carbocycles. The lowest BCUT2D eigenvalue weighted by Gasteiger charge is -2.64. The van der Waals surface area contributed by atoms with Gasteiger partial charge in [-0.3, -0.25) is 0 Å². The maximum atomic E-state index is 12.2. The molecule has 4 saturated carbocycles. The first kappa shape index (κ1) is 19.8. The van der Waals surface area contributed by atoms with Gasteiger partial charge in [-0.1, -0.05) is 6.92 Å². The van der Waals surface area contributed by atoms with Crippen LogP contribution < -0.4 is 5.63 Å². The Morgan fingerprint density at radius 1 is 1.07 bits per heavy atom. The van der Waals surface area contributed by atoms with Crippen LogP contribution in [-0.2, 0) is 0 Å². The van der Waals surface area contributed by atoms with Crippen molar-refractivity contribution in [3.63, 3.8) is 0 Å². The van der Waals surface area contributed by atoms with E-state index in [2.05, 4.69) is 6.92 Å². The number of aliphatic hydroxyl groups is 3. The molecule has 3 N–H and O–H groups in total. The fourth-order valence-corrected chi connectivity index (χ4v) is 8.41. The van der Waals surface area contributed by atoms with Gasteiger partial charge in [0.2, 0.25) is 0 Å². The normalized spacial score (nSPS) is 49.2. The van der Waals surface area contributed by atoms with Crippen molar-refractivity contribution in [1.29, 1.82) is 0 Å². The molecule has 5 nitrogen and oxygen atoms in total. The van der Waals surface area contributed by atoms with Crippen molar-refractivity contribution in [2.75, 3.05) is 6.61 Å². The van der Waals surface area contributed by atoms with Crippen LogP contribution in [0.25, 0.3) is 0 Å². The second-order valence-electron chi connectivity index (χ2n) is 10.7. The van der Waals surface area contributed by atoms with E-state index in [0.29, 0.717) is 11.8 Å². The van der Waals surface area contributed by atoms with Crippen LogP contribution in [0.5, 0.6) is 0 Å². The van der Waals surface area contributed by atoms with E-state index in [9.17, 15) is 20.1 Å². The van der Waals surface area contributed by atoms with Crippen LogP contribution in [0.3, 0.4) is 0 Å². The highest BCUT2D eigenvalue weighted by atomic mass is 16.4. The molecule has 5 heteroatoms. The van der Waals surface area contributed by atoms with Crippen LogP contribution in [-0.4, -0.2) is 33.6 Å². The fourth-order valence-electron chi connectivity index (χ4n) is 8.41. The van der Waals surface area contributed by atoms with Crippen molar-refractivity contribution in [2.24, 2.45) is 28.6 Å². The van der Waals surface area contributed by atoms with E-state index in [0.717, 1.165) is 63.4 Å². The summed E-state index contributed by atoms with van der Waals surface area (Å²) in [6.07, 6.45) is 9.36. The molecule has 0 unspecified atom stereocenters. The van der Waals surface area contributed by atoms with Gasteiger partial charge in [0.15, 0.2) is 0 Å². The Kier molecular flexibility index (Phi) is 4.54. The number of hydrogen-bond acceptors (Lipinski definition) is 5. The summed E-state index contributed by atoms with van der Waals surface area (Å²) in [5.41, 5.74) is -0.450. The summed E-state index contributed by atoms with van der Waals surface area (Å²) in [4.78, 5) is 11.4. The van der Waals surface area contributed by atoms with Gasteiger partial charge in [-0.25, -0.2) is 4.79 Å². The van der Waals surface area contributed by atoms with Gasteiger partial charge in [0.25, 0.3) is 0 Å². The second-order valence-corrected chi connectivity index (χ2v) is 10.7. The molecule has 4 aliphatic carbocycles. The highest BCUT2D eigenvalue weighted by Crippen LogP contribution is 2.70. The molecule has 0 spiro atoms. The highest BCUT2D eigenvalue weighted by molar-refractivity contribution is 5.27. The zero-order chi connectivity index (χ0) is 20.4. The van der Waals surface area contributed by atoms with Gasteiger partial charge in [-0.2, -0.15) is 0 Å². The molecule has 1 aromatic rings. The Balaban J connectivity index is 1.50. The average molecular weight is 403 g/mol. The molecule has 4 aliphatic rings. The maximum Gasteiger partial charge on any atom is 0.335 e. The third kappa shape index (κ3) is 2.60. The Hall–Kier alpha value is -1.17. The van der Waals surface area contributed by atoms with Crippen LogP contribution in [0.2, 0.25) is 0 Å². The lowest BCUT2D eigenvalue weighted by atomic mass is 9.43. The van der Waals surface area contributed by atoms with Crippen LogP contribution in [0.15, 0.2) is 27.6 Å². The van der Waals surface area contributed by atoms with Gasteiger partial charge in [-0.15, -0.1) is 0 Å². The van der Waals surface area contributed by atoms with E-state index >= 15 is 0 Å². The molecule has 0 bridgehead atoms. The minimum Gasteiger partial charge on any atom is -0.431 e. The topological polar surface area (TPSA) is 90.9 Å². The maximum absolute atomic E-state index is 12.2. The van der Waals surface area contributed by atoms with E-state index in [4.69, 9.17) is 4.42 Å². The zero-order valence-electron chi connectivity index (χ0n) is 17.3. The summed E-state index contributed by atoms with van der Waals surface area (Å²) in [6.45, 7) is 2.40. The minimum absolute atomic E-state index is 0.142. The Bertz CT molecular complexity index is 814. The van der Waals surface area contributed by atoms with Gasteiger partial charge in [0.05, 0.1) is 18.0 Å². The third-order valence-corrected chi connectivity index (χ3v) is 9.94. The quantitative estimate of drug-likeness (QED) is 0.707. The number of aliphatic hydroxyl groups excluding tert-OH is 2. The summed E-state index contributed by atoms with van der Waals surface area (Å²) in [5.74, 6) is 1.07. The van der Waals surface area contributed by atoms with Crippen molar-refractivity contribution in [2.45, 2.75) is 82.3 Å². The van der Waals surface area contributed by atoms with E-state index < -0.39 is 5.60 Å². The molecule has 0 saturated heterocycles. The first-order chi connectivity index (χ1) is 13.8. The predicted octanol–water partition coefficient (Wildman–Crippen LogP) is 3.21. The van der Waals surface area contributed by atoms with E-state index in [-0.39, 0.29) is 41.0 Å². The van der Waals surface area contributed by atoms with Crippen LogP contribution in [0.1, 0.15) is 76.2 Å². The molecule has 0 aliphatic heterocycles. The van der Waals surface area contributed by atoms with Crippen LogP contribution in [0, 0.1) is 28.6 Å². The molecule has 29 heavy (non-hydrogen) atoms. The van der Waals surface area contributed by atoms with Crippen molar-refractivity contribution < 1.29 is 19.7 Å². The van der Waals surface area contributed by atoms with Gasteiger partial charge in [-0.05, 0) is 98.5 Å². The van der Waals surface area contributed by atoms with Crippen molar-refractivity contribution in [1.82, 2.24) is 0 Å². The molecule has 8 atom stereocenters. The Morgan fingerprint density at radius 2 is 1.90 bits per heavy atom. The molecular formula is C24H34O5. The summed E-state index contributed by atoms with van der Waals surface area (Å²) < 4.78 is 5.16. The smallest absolute Gasteiger partial charge is 0.335 e. The highest BCUT2D eigenvalue weighted by Gasteiger charge is 2.68. The van der Waals surface area contributed by atoms with E-state index in [1.807, 2.05) is 6.07 Å². The summed E-state index contributed by atoms with van der Waals surface area (Å²) in [6, 6.07) is 3.36. The molecule has 0 radical (unpaired) electrons. The molecule has 4 fully saturated rings. The fraction of sp³-hybridized carbons (Fsp3) is 0.792. The first-order valence-corrected chi connectivity index (χ1v) is 11.4. The summed E-state index contributed by atoms with van der Waals surface area (Å²) in [7, 11) is 0. The summed E-state index contributed by atoms with van der Waals surface area (Å²) in [5, 5.41) is 32.9. The van der Waals surface area contributed by atoms with Gasteiger partial charge in [0.1, 0.15) is 0 Å². The lowest BCUT2D eigenvalue weighted by molar-refractivity contribution is -0.217. The zero-order valence-corrected chi connectivity index (χ0v) is 17.3. The molecule has 5 rings (SSSR count). The largest absolute Gasteiger partial charge is 0.431 e. The number of hydrogen-bond donors (Lipinski definition) is 3. The summed E-state index contributed by atoms with van der Waals surface area (Å²) >= 11 is 0. The molecule has 160 valence electrons. The second kappa shape index (κ2) is 6.66. The number of fused-ring (bicyclic) bond motifs is 5. The van der Waals surface area contributed by atoms with Gasteiger partial charge < -0.3 is 19.7 Å². The van der Waals surface area contributed by atoms with Crippen LogP contribution in [0.4, 0.5) is 0 Å². The monoisotopic (exact) mass is 402 g/mol. The van der Waals surface area contributed by atoms with Gasteiger partial charge >= 0.3 is 5.63 Å². The van der Waals surface area contributed by atoms with Crippen molar-refractivity contribution >= 4 is 0 Å². The molecule has 1 heterocycles. The van der Waals surface area contributed by atoms with Gasteiger partial charge in [0, 0.05) is 18.1 Å². The SMILES string of the molecule is C[C@]12CC[C@H]3[C@@H](CC[C@@H]4C[C@@H](O)CC[C@@]43CO)[C@@]1(O)CC[C@@H]2c1ccc(=O)oc1. The van der Waals surface area contributed by atoms with Crippen molar-refractivity contribution in [3.05, 3.63) is 34.4 Å². The minimum atomic E-state index is -0.750. The lowest BCUT2D eigenvalue weighted by Crippen LogP contribution is -2.63. The predicted molar refractivity (Wildman–Crippen MR) is 108 cm³/mol. The van der Waals surface area contributed by atoms with Crippen molar-refractivity contribution in [3.8, 4) is 0 Å². The molecular weight excluding hydrogens is 368 g/mol. The molecule has 0 amide bonds. The van der Waals surface area contributed by atoms with E-state index in [1.54, 1.807) is 6.26 Å². The standard InChI is InChI=1S/C24H34O5/c1-22-9-7-19-20(4-3-16-12-17(26)6-10-23(16,19)14-25)24(22,28)11-8-18(22)15-2-5-21(27)29-13-15/h2,5,13,16-20,25-26,28H,3-4,6-12,14H2,1H3/t16-,17+,18-,19+,20-,22-,23-,24+/m1/s1. The number of rotatable bonds is 2. The molecule has 1 aromatic heterocycles. The Morgan fingerprint density at radius 3 is 2.62 bits per heavy atom. The Labute approximate surface area is 172 Å². The van der Waals surface area contributed by atoms with Crippen LogP contribution >= 0.6 is 0 Å². The first-order valence-electron chi connectivity index (χ1n) is 11.4. The van der Waals surface area contributed by atoms with E-state index in [1.165, 1.54) is 6.07 Å².